The number of aryl methyl sites for hydroxylation is 2. The third-order valence-corrected chi connectivity index (χ3v) is 2.13. The van der Waals surface area contributed by atoms with E-state index in [0.717, 1.165) is 5.56 Å². The van der Waals surface area contributed by atoms with Gasteiger partial charge in [-0.05, 0) is 31.0 Å². The van der Waals surface area contributed by atoms with Gasteiger partial charge in [-0.2, -0.15) is 5.26 Å². The third kappa shape index (κ3) is 2.02. The van der Waals surface area contributed by atoms with E-state index in [9.17, 15) is 9.59 Å². The summed E-state index contributed by atoms with van der Waals surface area (Å²) in [4.78, 5) is 21.7. The number of nitrogens with zero attached hydrogens (tertiary/aromatic N) is 1. The molecule has 0 unspecified atom stereocenters. The normalized spacial score (nSPS) is 9.40. The number of hydrogen-bond acceptors (Lipinski definition) is 3. The number of ketones is 1. The lowest BCUT2D eigenvalue weighted by atomic mass is 9.98. The maximum absolute atomic E-state index is 11.2. The molecule has 0 bridgehead atoms. The van der Waals surface area contributed by atoms with Crippen molar-refractivity contribution in [1.29, 1.82) is 5.26 Å². The Kier molecular flexibility index (Phi) is 2.86. The molecule has 4 nitrogen and oxygen atoms in total. The highest BCUT2D eigenvalue weighted by Gasteiger charge is 2.18. The van der Waals surface area contributed by atoms with Gasteiger partial charge in [0, 0.05) is 5.56 Å². The Hall–Kier alpha value is -2.15. The van der Waals surface area contributed by atoms with Gasteiger partial charge in [0.1, 0.15) is 0 Å². The molecule has 0 aromatic heterocycles. The minimum atomic E-state index is -1.51. The van der Waals surface area contributed by atoms with Crippen molar-refractivity contribution in [2.75, 3.05) is 0 Å². The molecule has 0 radical (unpaired) electrons. The van der Waals surface area contributed by atoms with Crippen LogP contribution in [0.3, 0.4) is 0 Å². The van der Waals surface area contributed by atoms with E-state index in [2.05, 4.69) is 0 Å². The van der Waals surface area contributed by atoms with E-state index in [0.29, 0.717) is 11.1 Å². The second-order valence-electron chi connectivity index (χ2n) is 3.23. The number of aliphatic carboxylic acids is 1. The standard InChI is InChI=1S/C11H9NO3/c1-6-3-7(2)9(4-8(6)5-12)10(13)11(14)15/h3-4H,1-2H3,(H,14,15). The fourth-order valence-electron chi connectivity index (χ4n) is 1.33. The van der Waals surface area contributed by atoms with Gasteiger partial charge in [-0.1, -0.05) is 6.07 Å². The smallest absolute Gasteiger partial charge is 0.377 e. The molecular weight excluding hydrogens is 194 g/mol. The van der Waals surface area contributed by atoms with E-state index in [4.69, 9.17) is 10.4 Å². The average Bonchev–Trinajstić information content (AvgIpc) is 2.17. The van der Waals surface area contributed by atoms with Crippen LogP contribution in [0.4, 0.5) is 0 Å². The second-order valence-corrected chi connectivity index (χ2v) is 3.23. The van der Waals surface area contributed by atoms with Crippen LogP contribution in [-0.2, 0) is 4.79 Å². The van der Waals surface area contributed by atoms with Gasteiger partial charge in [0.15, 0.2) is 0 Å². The number of carbonyl (C=O) groups excluding carboxylic acids is 1. The topological polar surface area (TPSA) is 78.2 Å². The maximum atomic E-state index is 11.2. The maximum Gasteiger partial charge on any atom is 0.377 e. The van der Waals surface area contributed by atoms with E-state index >= 15 is 0 Å². The van der Waals surface area contributed by atoms with Gasteiger partial charge < -0.3 is 5.11 Å². The van der Waals surface area contributed by atoms with Gasteiger partial charge >= 0.3 is 5.97 Å². The minimum Gasteiger partial charge on any atom is -0.475 e. The third-order valence-electron chi connectivity index (χ3n) is 2.13. The van der Waals surface area contributed by atoms with Crippen LogP contribution in [0.15, 0.2) is 12.1 Å². The number of rotatable bonds is 2. The SMILES string of the molecule is Cc1cc(C)c(C(=O)C(=O)O)cc1C#N. The van der Waals surface area contributed by atoms with Crippen LogP contribution in [-0.4, -0.2) is 16.9 Å². The Morgan fingerprint density at radius 3 is 2.33 bits per heavy atom. The largest absolute Gasteiger partial charge is 0.475 e. The molecule has 76 valence electrons. The Morgan fingerprint density at radius 1 is 1.27 bits per heavy atom. The van der Waals surface area contributed by atoms with E-state index in [1.165, 1.54) is 6.07 Å². The summed E-state index contributed by atoms with van der Waals surface area (Å²) in [5, 5.41) is 17.3. The monoisotopic (exact) mass is 203 g/mol. The fourth-order valence-corrected chi connectivity index (χ4v) is 1.33. The van der Waals surface area contributed by atoms with Gasteiger partial charge in [0.2, 0.25) is 0 Å². The number of hydrogen-bond donors (Lipinski definition) is 1. The zero-order chi connectivity index (χ0) is 11.6. The molecule has 0 heterocycles. The van der Waals surface area contributed by atoms with Crippen molar-refractivity contribution in [1.82, 2.24) is 0 Å². The number of benzene rings is 1. The molecule has 0 saturated carbocycles. The first-order valence-electron chi connectivity index (χ1n) is 4.26. The van der Waals surface area contributed by atoms with Gasteiger partial charge in [-0.15, -0.1) is 0 Å². The fraction of sp³-hybridized carbons (Fsp3) is 0.182. The molecular formula is C11H9NO3. The number of carboxylic acid groups (broad SMARTS) is 1. The van der Waals surface area contributed by atoms with E-state index < -0.39 is 11.8 Å². The number of Topliss-reactive ketones (excluding diaryl/α,β-unsaturated/α-hetero) is 1. The summed E-state index contributed by atoms with van der Waals surface area (Å²) in [6.45, 7) is 3.38. The van der Waals surface area contributed by atoms with Crippen molar-refractivity contribution in [3.8, 4) is 6.07 Å². The van der Waals surface area contributed by atoms with Crippen molar-refractivity contribution < 1.29 is 14.7 Å². The Morgan fingerprint density at radius 2 is 1.87 bits per heavy atom. The van der Waals surface area contributed by atoms with Gasteiger partial charge in [0.25, 0.3) is 5.78 Å². The van der Waals surface area contributed by atoms with Crippen LogP contribution in [0.25, 0.3) is 0 Å². The summed E-state index contributed by atoms with van der Waals surface area (Å²) >= 11 is 0. The molecule has 1 aromatic rings. The van der Waals surface area contributed by atoms with Crippen molar-refractivity contribution >= 4 is 11.8 Å². The zero-order valence-corrected chi connectivity index (χ0v) is 8.37. The van der Waals surface area contributed by atoms with Crippen LogP contribution in [0.5, 0.6) is 0 Å². The quantitative estimate of drug-likeness (QED) is 0.582. The lowest BCUT2D eigenvalue weighted by Crippen LogP contribution is -2.14. The zero-order valence-electron chi connectivity index (χ0n) is 8.37. The lowest BCUT2D eigenvalue weighted by Gasteiger charge is -2.04. The molecule has 0 aliphatic carbocycles. The summed E-state index contributed by atoms with van der Waals surface area (Å²) < 4.78 is 0. The Labute approximate surface area is 86.8 Å². The van der Waals surface area contributed by atoms with Crippen molar-refractivity contribution in [3.63, 3.8) is 0 Å². The summed E-state index contributed by atoms with van der Waals surface area (Å²) in [6.07, 6.45) is 0. The van der Waals surface area contributed by atoms with Crippen molar-refractivity contribution in [2.45, 2.75) is 13.8 Å². The van der Waals surface area contributed by atoms with E-state index in [-0.39, 0.29) is 5.56 Å². The summed E-state index contributed by atoms with van der Waals surface area (Å²) in [7, 11) is 0. The lowest BCUT2D eigenvalue weighted by molar-refractivity contribution is -0.131. The molecule has 15 heavy (non-hydrogen) atoms. The molecule has 0 aliphatic heterocycles. The molecule has 1 N–H and O–H groups in total. The van der Waals surface area contributed by atoms with E-state index in [1.54, 1.807) is 19.9 Å². The van der Waals surface area contributed by atoms with Gasteiger partial charge in [0.05, 0.1) is 11.6 Å². The van der Waals surface area contributed by atoms with Crippen LogP contribution in [0, 0.1) is 25.2 Å². The van der Waals surface area contributed by atoms with E-state index in [1.807, 2.05) is 6.07 Å². The molecule has 0 aliphatic rings. The first-order chi connectivity index (χ1) is 6.97. The van der Waals surface area contributed by atoms with Crippen LogP contribution in [0.1, 0.15) is 27.0 Å². The summed E-state index contributed by atoms with van der Waals surface area (Å²) in [6, 6.07) is 4.87. The molecule has 1 rings (SSSR count). The van der Waals surface area contributed by atoms with Crippen LogP contribution in [0.2, 0.25) is 0 Å². The molecule has 0 fully saturated rings. The highest BCUT2D eigenvalue weighted by molar-refractivity contribution is 6.40. The molecule has 0 amide bonds. The molecule has 1 aromatic carbocycles. The predicted molar refractivity (Wildman–Crippen MR) is 52.6 cm³/mol. The Balaban J connectivity index is 3.38. The molecule has 0 spiro atoms. The average molecular weight is 203 g/mol. The minimum absolute atomic E-state index is 0.0738. The van der Waals surface area contributed by atoms with Crippen molar-refractivity contribution in [3.05, 3.63) is 34.4 Å². The first kappa shape index (κ1) is 10.9. The van der Waals surface area contributed by atoms with Crippen molar-refractivity contribution in [2.24, 2.45) is 0 Å². The summed E-state index contributed by atoms with van der Waals surface area (Å²) in [5.74, 6) is -2.49. The highest BCUT2D eigenvalue weighted by Crippen LogP contribution is 2.16. The molecule has 0 saturated heterocycles. The van der Waals surface area contributed by atoms with Gasteiger partial charge in [-0.3, -0.25) is 4.79 Å². The van der Waals surface area contributed by atoms with Gasteiger partial charge in [-0.25, -0.2) is 4.79 Å². The van der Waals surface area contributed by atoms with Crippen LogP contribution < -0.4 is 0 Å². The van der Waals surface area contributed by atoms with Crippen LogP contribution >= 0.6 is 0 Å². The molecule has 0 atom stereocenters. The summed E-state index contributed by atoms with van der Waals surface area (Å²) in [5.41, 5.74) is 1.70. The Bertz CT molecular complexity index is 483. The first-order valence-corrected chi connectivity index (χ1v) is 4.26. The number of carbonyl (C=O) groups is 2. The molecule has 4 heteroatoms. The number of carboxylic acids is 1. The highest BCUT2D eigenvalue weighted by atomic mass is 16.4. The second kappa shape index (κ2) is 3.93. The predicted octanol–water partition coefficient (Wildman–Crippen LogP) is 1.44. The number of nitriles is 1.